The zero-order valence-corrected chi connectivity index (χ0v) is 12.4. The highest BCUT2D eigenvalue weighted by atomic mass is 16.6. The first kappa shape index (κ1) is 15.4. The Morgan fingerprint density at radius 3 is 2.21 bits per heavy atom. The number of hydrogen-bond acceptors (Lipinski definition) is 3. The van der Waals surface area contributed by atoms with Gasteiger partial charge in [0.25, 0.3) is 0 Å². The lowest BCUT2D eigenvalue weighted by atomic mass is 9.69. The van der Waals surface area contributed by atoms with Gasteiger partial charge in [-0.3, -0.25) is 4.79 Å². The van der Waals surface area contributed by atoms with Crippen molar-refractivity contribution in [3.05, 3.63) is 36.0 Å². The highest BCUT2D eigenvalue weighted by Gasteiger charge is 2.42. The fourth-order valence-electron chi connectivity index (χ4n) is 2.70. The molecule has 0 fully saturated rings. The van der Waals surface area contributed by atoms with Crippen LogP contribution in [-0.4, -0.2) is 11.9 Å². The Morgan fingerprint density at radius 1 is 1.16 bits per heavy atom. The van der Waals surface area contributed by atoms with Gasteiger partial charge in [0, 0.05) is 0 Å². The van der Waals surface area contributed by atoms with Crippen LogP contribution in [0.2, 0.25) is 0 Å². The van der Waals surface area contributed by atoms with E-state index in [1.165, 1.54) is 6.08 Å². The number of carbonyl (C=O) groups is 2. The summed E-state index contributed by atoms with van der Waals surface area (Å²) in [7, 11) is 0. The molecular weight excluding hydrogens is 240 g/mol. The van der Waals surface area contributed by atoms with Crippen molar-refractivity contribution in [1.29, 1.82) is 0 Å². The summed E-state index contributed by atoms with van der Waals surface area (Å²) in [5, 5.41) is 0. The van der Waals surface area contributed by atoms with Crippen LogP contribution in [0.1, 0.15) is 41.0 Å². The predicted octanol–water partition coefficient (Wildman–Crippen LogP) is 3.57. The summed E-state index contributed by atoms with van der Waals surface area (Å²) in [6, 6.07) is 0. The predicted molar refractivity (Wildman–Crippen MR) is 75.3 cm³/mol. The lowest BCUT2D eigenvalue weighted by Crippen LogP contribution is -2.37. The number of allylic oxidation sites excluding steroid dienone is 3. The van der Waals surface area contributed by atoms with Crippen LogP contribution in [-0.2, 0) is 14.3 Å². The number of ether oxygens (including phenoxy) is 1. The lowest BCUT2D eigenvalue weighted by molar-refractivity contribution is -0.165. The van der Waals surface area contributed by atoms with E-state index in [0.29, 0.717) is 12.0 Å². The first-order chi connectivity index (χ1) is 8.65. The van der Waals surface area contributed by atoms with E-state index in [1.54, 1.807) is 13.8 Å². The van der Waals surface area contributed by atoms with Crippen LogP contribution < -0.4 is 0 Å². The third kappa shape index (κ3) is 3.03. The molecule has 0 saturated heterocycles. The number of esters is 2. The summed E-state index contributed by atoms with van der Waals surface area (Å²) < 4.78 is 4.94. The van der Waals surface area contributed by atoms with Crippen molar-refractivity contribution in [2.75, 3.05) is 0 Å². The molecule has 0 unspecified atom stereocenters. The normalized spacial score (nSPS) is 26.8. The Bertz CT molecular complexity index is 476. The fourth-order valence-corrected chi connectivity index (χ4v) is 2.70. The van der Waals surface area contributed by atoms with E-state index < -0.39 is 17.4 Å². The van der Waals surface area contributed by atoms with Crippen molar-refractivity contribution < 1.29 is 14.3 Å². The van der Waals surface area contributed by atoms with Crippen LogP contribution in [0.25, 0.3) is 0 Å². The van der Waals surface area contributed by atoms with Crippen LogP contribution in [0.3, 0.4) is 0 Å². The fraction of sp³-hybridized carbons (Fsp3) is 0.500. The molecule has 0 spiro atoms. The van der Waals surface area contributed by atoms with Gasteiger partial charge in [0.2, 0.25) is 0 Å². The van der Waals surface area contributed by atoms with Gasteiger partial charge in [-0.1, -0.05) is 38.7 Å². The molecule has 0 N–H and O–H groups in total. The van der Waals surface area contributed by atoms with Crippen LogP contribution in [0.5, 0.6) is 0 Å². The molecule has 1 heterocycles. The summed E-state index contributed by atoms with van der Waals surface area (Å²) >= 11 is 0. The molecule has 3 heteroatoms. The molecule has 1 aliphatic heterocycles. The topological polar surface area (TPSA) is 43.4 Å². The molecule has 0 aromatic carbocycles. The molecule has 0 amide bonds. The first-order valence-corrected chi connectivity index (χ1v) is 6.42. The quantitative estimate of drug-likeness (QED) is 0.564. The molecule has 0 bridgehead atoms. The molecule has 104 valence electrons. The van der Waals surface area contributed by atoms with Gasteiger partial charge >= 0.3 is 11.9 Å². The van der Waals surface area contributed by atoms with Gasteiger partial charge < -0.3 is 4.74 Å². The Morgan fingerprint density at radius 2 is 1.74 bits per heavy atom. The minimum Gasteiger partial charge on any atom is -0.389 e. The van der Waals surface area contributed by atoms with Crippen LogP contribution in [0, 0.1) is 10.8 Å². The molecule has 0 aliphatic carbocycles. The summed E-state index contributed by atoms with van der Waals surface area (Å²) in [6.45, 7) is 13.2. The highest BCUT2D eigenvalue weighted by molar-refractivity contribution is 6.01. The van der Waals surface area contributed by atoms with Crippen molar-refractivity contribution in [2.45, 2.75) is 41.0 Å². The second-order valence-corrected chi connectivity index (χ2v) is 6.15. The van der Waals surface area contributed by atoms with Crippen LogP contribution in [0.15, 0.2) is 36.0 Å². The Hall–Kier alpha value is -1.64. The van der Waals surface area contributed by atoms with Gasteiger partial charge in [-0.15, -0.1) is 0 Å². The molecule has 0 aromatic heterocycles. The first-order valence-electron chi connectivity index (χ1n) is 6.42. The maximum atomic E-state index is 12.1. The Labute approximate surface area is 115 Å². The summed E-state index contributed by atoms with van der Waals surface area (Å²) in [5.74, 6) is -1.10. The molecule has 0 aromatic rings. The van der Waals surface area contributed by atoms with E-state index in [4.69, 9.17) is 4.74 Å². The average Bonchev–Trinajstić information content (AvgIpc) is 2.26. The van der Waals surface area contributed by atoms with E-state index in [0.717, 1.165) is 5.57 Å². The minimum absolute atomic E-state index is 0.311. The SMILES string of the molecule is C=C/C1=C(\C=C/C)C(C)(C)CC(C)(C)C(=O)OC1=O. The molecule has 0 radical (unpaired) electrons. The van der Waals surface area contributed by atoms with Crippen LogP contribution in [0.4, 0.5) is 0 Å². The maximum Gasteiger partial charge on any atom is 0.346 e. The molecular formula is C16H22O3. The number of carbonyl (C=O) groups excluding carboxylic acids is 2. The molecule has 3 nitrogen and oxygen atoms in total. The van der Waals surface area contributed by atoms with Gasteiger partial charge in [-0.2, -0.15) is 0 Å². The van der Waals surface area contributed by atoms with E-state index in [-0.39, 0.29) is 5.41 Å². The Balaban J connectivity index is 3.53. The van der Waals surface area contributed by atoms with Gasteiger partial charge in [-0.25, -0.2) is 4.79 Å². The smallest absolute Gasteiger partial charge is 0.346 e. The van der Waals surface area contributed by atoms with E-state index >= 15 is 0 Å². The zero-order chi connectivity index (χ0) is 14.8. The third-order valence-electron chi connectivity index (χ3n) is 3.40. The number of cyclic esters (lactones) is 2. The monoisotopic (exact) mass is 262 g/mol. The lowest BCUT2D eigenvalue weighted by Gasteiger charge is -2.37. The van der Waals surface area contributed by atoms with E-state index in [9.17, 15) is 9.59 Å². The highest BCUT2D eigenvalue weighted by Crippen LogP contribution is 2.43. The summed E-state index contributed by atoms with van der Waals surface area (Å²) in [6.07, 6.45) is 5.84. The van der Waals surface area contributed by atoms with Crippen molar-refractivity contribution in [2.24, 2.45) is 10.8 Å². The molecule has 19 heavy (non-hydrogen) atoms. The van der Waals surface area contributed by atoms with Gasteiger partial charge in [-0.05, 0) is 38.2 Å². The standard InChI is InChI=1S/C16H22O3/c1-7-9-12-11(8-2)13(17)19-14(18)16(5,6)10-15(12,3)4/h7-9H,2,10H2,1,3-6H3/b9-7-,12-11-. The Kier molecular flexibility index (Phi) is 4.18. The van der Waals surface area contributed by atoms with Crippen molar-refractivity contribution in [3.63, 3.8) is 0 Å². The maximum absolute atomic E-state index is 12.1. The zero-order valence-electron chi connectivity index (χ0n) is 12.4. The number of hydrogen-bond donors (Lipinski definition) is 0. The van der Waals surface area contributed by atoms with Crippen LogP contribution >= 0.6 is 0 Å². The molecule has 0 saturated carbocycles. The van der Waals surface area contributed by atoms with E-state index in [2.05, 4.69) is 6.58 Å². The van der Waals surface area contributed by atoms with Crippen molar-refractivity contribution in [1.82, 2.24) is 0 Å². The average molecular weight is 262 g/mol. The van der Waals surface area contributed by atoms with Gasteiger partial charge in [0.05, 0.1) is 11.0 Å². The molecule has 1 aliphatic rings. The number of rotatable bonds is 2. The van der Waals surface area contributed by atoms with Gasteiger partial charge in [0.15, 0.2) is 0 Å². The van der Waals surface area contributed by atoms with Gasteiger partial charge in [0.1, 0.15) is 0 Å². The summed E-state index contributed by atoms with van der Waals surface area (Å²) in [5.41, 5.74) is 0.218. The second-order valence-electron chi connectivity index (χ2n) is 6.15. The molecule has 1 rings (SSSR count). The van der Waals surface area contributed by atoms with E-state index in [1.807, 2.05) is 32.9 Å². The van der Waals surface area contributed by atoms with Crippen molar-refractivity contribution >= 4 is 11.9 Å². The molecule has 0 atom stereocenters. The largest absolute Gasteiger partial charge is 0.389 e. The third-order valence-corrected chi connectivity index (χ3v) is 3.40. The summed E-state index contributed by atoms with van der Waals surface area (Å²) in [4.78, 5) is 24.1. The minimum atomic E-state index is -0.696. The second kappa shape index (κ2) is 5.16. The van der Waals surface area contributed by atoms with Crippen molar-refractivity contribution in [3.8, 4) is 0 Å².